The summed E-state index contributed by atoms with van der Waals surface area (Å²) < 4.78 is 10.8. The summed E-state index contributed by atoms with van der Waals surface area (Å²) in [6, 6.07) is 5.96. The van der Waals surface area contributed by atoms with Crippen LogP contribution in [0.2, 0.25) is 0 Å². The Morgan fingerprint density at radius 1 is 1.56 bits per heavy atom. The zero-order valence-electron chi connectivity index (χ0n) is 9.87. The second-order valence-electron chi connectivity index (χ2n) is 4.29. The van der Waals surface area contributed by atoms with Crippen molar-refractivity contribution in [3.63, 3.8) is 0 Å². The summed E-state index contributed by atoms with van der Waals surface area (Å²) >= 11 is 0. The van der Waals surface area contributed by atoms with E-state index in [2.05, 4.69) is 0 Å². The molecule has 0 N–H and O–H groups in total. The number of hydrogen-bond donors (Lipinski definition) is 0. The first kappa shape index (κ1) is 11.0. The number of para-hydroxylation sites is 1. The average molecular weight is 220 g/mol. The Morgan fingerprint density at radius 2 is 2.31 bits per heavy atom. The number of carbonyl (C=O) groups excluding carboxylic acids is 1. The Bertz CT molecular complexity index is 425. The molecular formula is C13H16O3. The van der Waals surface area contributed by atoms with E-state index in [1.165, 1.54) is 0 Å². The zero-order valence-corrected chi connectivity index (χ0v) is 9.87. The van der Waals surface area contributed by atoms with Crippen molar-refractivity contribution in [1.82, 2.24) is 0 Å². The number of fused-ring (bicyclic) bond motifs is 1. The number of ether oxygens (including phenoxy) is 2. The van der Waals surface area contributed by atoms with Crippen molar-refractivity contribution < 1.29 is 14.3 Å². The van der Waals surface area contributed by atoms with Gasteiger partial charge in [0.15, 0.2) is 0 Å². The minimum absolute atomic E-state index is 0.286. The molecule has 0 saturated carbocycles. The highest BCUT2D eigenvalue weighted by Gasteiger charge is 2.43. The van der Waals surface area contributed by atoms with Gasteiger partial charge in [-0.1, -0.05) is 18.2 Å². The highest BCUT2D eigenvalue weighted by molar-refractivity contribution is 5.81. The molecule has 1 unspecified atom stereocenters. The van der Waals surface area contributed by atoms with E-state index in [0.717, 1.165) is 16.9 Å². The monoisotopic (exact) mass is 220 g/mol. The maximum absolute atomic E-state index is 11.8. The topological polar surface area (TPSA) is 35.5 Å². The fourth-order valence-corrected chi connectivity index (χ4v) is 2.02. The lowest BCUT2D eigenvalue weighted by Gasteiger charge is -2.21. The van der Waals surface area contributed by atoms with Gasteiger partial charge in [-0.05, 0) is 31.9 Å². The zero-order chi connectivity index (χ0) is 11.8. The summed E-state index contributed by atoms with van der Waals surface area (Å²) in [6.45, 7) is 5.95. The summed E-state index contributed by atoms with van der Waals surface area (Å²) in [6.07, 6.45) is 0.586. The first-order chi connectivity index (χ1) is 7.57. The van der Waals surface area contributed by atoms with Gasteiger partial charge in [-0.3, -0.25) is 0 Å². The van der Waals surface area contributed by atoms with Gasteiger partial charge in [0.05, 0.1) is 6.61 Å². The van der Waals surface area contributed by atoms with Crippen molar-refractivity contribution in [2.24, 2.45) is 0 Å². The molecule has 86 valence electrons. The number of esters is 1. The standard InChI is InChI=1S/C13H16O3/c1-4-15-12(14)13(3)8-10-7-5-6-9(2)11(10)16-13/h5-7H,4,8H2,1-3H3. The normalized spacial score (nSPS) is 22.4. The summed E-state index contributed by atoms with van der Waals surface area (Å²) in [5.74, 6) is 0.545. The van der Waals surface area contributed by atoms with Crippen LogP contribution in [0.3, 0.4) is 0 Å². The van der Waals surface area contributed by atoms with Crippen molar-refractivity contribution in [3.05, 3.63) is 29.3 Å². The van der Waals surface area contributed by atoms with Gasteiger partial charge in [0, 0.05) is 6.42 Å². The molecule has 0 amide bonds. The second kappa shape index (κ2) is 3.81. The van der Waals surface area contributed by atoms with Crippen LogP contribution in [0.1, 0.15) is 25.0 Å². The first-order valence-corrected chi connectivity index (χ1v) is 5.51. The molecule has 1 aliphatic rings. The van der Waals surface area contributed by atoms with Crippen molar-refractivity contribution >= 4 is 5.97 Å². The lowest BCUT2D eigenvalue weighted by molar-refractivity contribution is -0.158. The maximum Gasteiger partial charge on any atom is 0.350 e. The Balaban J connectivity index is 2.27. The van der Waals surface area contributed by atoms with Gasteiger partial charge in [-0.15, -0.1) is 0 Å². The van der Waals surface area contributed by atoms with Crippen LogP contribution in [0.5, 0.6) is 5.75 Å². The quantitative estimate of drug-likeness (QED) is 0.717. The predicted molar refractivity (Wildman–Crippen MR) is 60.5 cm³/mol. The number of carbonyl (C=O) groups is 1. The van der Waals surface area contributed by atoms with Gasteiger partial charge in [0.1, 0.15) is 5.75 Å². The molecular weight excluding hydrogens is 204 g/mol. The van der Waals surface area contributed by atoms with E-state index in [0.29, 0.717) is 13.0 Å². The fraction of sp³-hybridized carbons (Fsp3) is 0.462. The third-order valence-corrected chi connectivity index (χ3v) is 2.86. The maximum atomic E-state index is 11.8. The van der Waals surface area contributed by atoms with Gasteiger partial charge in [-0.25, -0.2) is 4.79 Å². The molecule has 2 rings (SSSR count). The van der Waals surface area contributed by atoms with Crippen LogP contribution in [-0.2, 0) is 16.0 Å². The number of benzene rings is 1. The van der Waals surface area contributed by atoms with E-state index in [4.69, 9.17) is 9.47 Å². The molecule has 0 radical (unpaired) electrons. The Labute approximate surface area is 95.4 Å². The predicted octanol–water partition coefficient (Wildman–Crippen LogP) is 2.25. The van der Waals surface area contributed by atoms with Crippen LogP contribution in [0.15, 0.2) is 18.2 Å². The highest BCUT2D eigenvalue weighted by Crippen LogP contribution is 2.37. The third-order valence-electron chi connectivity index (χ3n) is 2.86. The minimum atomic E-state index is -0.857. The molecule has 0 aromatic heterocycles. The van der Waals surface area contributed by atoms with E-state index in [-0.39, 0.29) is 5.97 Å². The SMILES string of the molecule is CCOC(=O)C1(C)Cc2cccc(C)c2O1. The molecule has 0 saturated heterocycles. The van der Waals surface area contributed by atoms with Crippen LogP contribution in [0, 0.1) is 6.92 Å². The Kier molecular flexibility index (Phi) is 2.62. The lowest BCUT2D eigenvalue weighted by atomic mass is 9.99. The molecule has 1 aromatic rings. The first-order valence-electron chi connectivity index (χ1n) is 5.51. The van der Waals surface area contributed by atoms with Gasteiger partial charge >= 0.3 is 5.97 Å². The van der Waals surface area contributed by atoms with Gasteiger partial charge in [-0.2, -0.15) is 0 Å². The molecule has 16 heavy (non-hydrogen) atoms. The number of rotatable bonds is 2. The minimum Gasteiger partial charge on any atom is -0.475 e. The summed E-state index contributed by atoms with van der Waals surface area (Å²) in [4.78, 5) is 11.8. The van der Waals surface area contributed by atoms with Crippen molar-refractivity contribution in [2.75, 3.05) is 6.61 Å². The Hall–Kier alpha value is -1.51. The van der Waals surface area contributed by atoms with Gasteiger partial charge < -0.3 is 9.47 Å². The molecule has 0 bridgehead atoms. The summed E-state index contributed by atoms with van der Waals surface area (Å²) in [7, 11) is 0. The third kappa shape index (κ3) is 1.66. The molecule has 3 nitrogen and oxygen atoms in total. The van der Waals surface area contributed by atoms with Gasteiger partial charge in [0.2, 0.25) is 5.60 Å². The Morgan fingerprint density at radius 3 is 2.94 bits per heavy atom. The molecule has 1 atom stereocenters. The molecule has 0 fully saturated rings. The van der Waals surface area contributed by atoms with E-state index >= 15 is 0 Å². The van der Waals surface area contributed by atoms with Crippen molar-refractivity contribution in [1.29, 1.82) is 0 Å². The smallest absolute Gasteiger partial charge is 0.350 e. The van der Waals surface area contributed by atoms with E-state index < -0.39 is 5.60 Å². The largest absolute Gasteiger partial charge is 0.475 e. The molecule has 0 aliphatic carbocycles. The van der Waals surface area contributed by atoms with Crippen LogP contribution in [-0.4, -0.2) is 18.2 Å². The highest BCUT2D eigenvalue weighted by atomic mass is 16.6. The van der Waals surface area contributed by atoms with Crippen molar-refractivity contribution in [2.45, 2.75) is 32.8 Å². The molecule has 1 heterocycles. The van der Waals surface area contributed by atoms with E-state index in [9.17, 15) is 4.79 Å². The van der Waals surface area contributed by atoms with Crippen LogP contribution in [0.4, 0.5) is 0 Å². The molecule has 0 spiro atoms. The molecule has 1 aliphatic heterocycles. The fourth-order valence-electron chi connectivity index (χ4n) is 2.02. The van der Waals surface area contributed by atoms with Gasteiger partial charge in [0.25, 0.3) is 0 Å². The molecule has 3 heteroatoms. The molecule has 1 aromatic carbocycles. The van der Waals surface area contributed by atoms with Crippen LogP contribution < -0.4 is 4.74 Å². The summed E-state index contributed by atoms with van der Waals surface area (Å²) in [5, 5.41) is 0. The van der Waals surface area contributed by atoms with Crippen LogP contribution in [0.25, 0.3) is 0 Å². The average Bonchev–Trinajstić information content (AvgIpc) is 2.58. The van der Waals surface area contributed by atoms with Crippen LogP contribution >= 0.6 is 0 Å². The van der Waals surface area contributed by atoms with E-state index in [1.807, 2.05) is 25.1 Å². The lowest BCUT2D eigenvalue weighted by Crippen LogP contribution is -2.41. The van der Waals surface area contributed by atoms with E-state index in [1.54, 1.807) is 13.8 Å². The second-order valence-corrected chi connectivity index (χ2v) is 4.29. The summed E-state index contributed by atoms with van der Waals surface area (Å²) in [5.41, 5.74) is 1.28. The number of hydrogen-bond acceptors (Lipinski definition) is 3. The number of aryl methyl sites for hydroxylation is 1. The van der Waals surface area contributed by atoms with Crippen molar-refractivity contribution in [3.8, 4) is 5.75 Å².